The minimum atomic E-state index is 0.157. The van der Waals surface area contributed by atoms with Gasteiger partial charge in [-0.3, -0.25) is 0 Å². The van der Waals surface area contributed by atoms with Crippen LogP contribution in [0.25, 0.3) is 0 Å². The van der Waals surface area contributed by atoms with Gasteiger partial charge in [-0.05, 0) is 38.2 Å². The molecule has 13 heavy (non-hydrogen) atoms. The SMILES string of the molecule is Cc1cc(C(N)C2(C)CC2)c(C)o1. The molecule has 0 amide bonds. The molecule has 1 aromatic heterocycles. The van der Waals surface area contributed by atoms with Gasteiger partial charge in [0.25, 0.3) is 0 Å². The van der Waals surface area contributed by atoms with E-state index in [0.717, 1.165) is 11.5 Å². The van der Waals surface area contributed by atoms with Crippen molar-refractivity contribution in [3.63, 3.8) is 0 Å². The molecule has 0 aromatic carbocycles. The summed E-state index contributed by atoms with van der Waals surface area (Å²) in [7, 11) is 0. The third-order valence-corrected chi connectivity index (χ3v) is 3.20. The Bertz CT molecular complexity index is 323. The van der Waals surface area contributed by atoms with E-state index in [1.807, 2.05) is 13.8 Å². The van der Waals surface area contributed by atoms with Crippen molar-refractivity contribution in [2.45, 2.75) is 39.7 Å². The summed E-state index contributed by atoms with van der Waals surface area (Å²) in [5, 5.41) is 0. The Labute approximate surface area is 79.1 Å². The first-order valence-electron chi connectivity index (χ1n) is 4.85. The number of furan rings is 1. The van der Waals surface area contributed by atoms with Crippen LogP contribution in [0.2, 0.25) is 0 Å². The monoisotopic (exact) mass is 179 g/mol. The lowest BCUT2D eigenvalue weighted by atomic mass is 9.93. The van der Waals surface area contributed by atoms with Crippen LogP contribution in [0.3, 0.4) is 0 Å². The quantitative estimate of drug-likeness (QED) is 0.758. The highest BCUT2D eigenvalue weighted by Gasteiger charge is 2.44. The lowest BCUT2D eigenvalue weighted by molar-refractivity contribution is 0.435. The van der Waals surface area contributed by atoms with Gasteiger partial charge in [-0.25, -0.2) is 0 Å². The van der Waals surface area contributed by atoms with Gasteiger partial charge in [-0.1, -0.05) is 6.92 Å². The van der Waals surface area contributed by atoms with E-state index in [0.29, 0.717) is 5.41 Å². The summed E-state index contributed by atoms with van der Waals surface area (Å²) in [6.07, 6.45) is 2.50. The van der Waals surface area contributed by atoms with Crippen LogP contribution < -0.4 is 5.73 Å². The summed E-state index contributed by atoms with van der Waals surface area (Å²) < 4.78 is 5.48. The zero-order chi connectivity index (χ0) is 9.64. The number of nitrogens with two attached hydrogens (primary N) is 1. The summed E-state index contributed by atoms with van der Waals surface area (Å²) in [4.78, 5) is 0. The average molecular weight is 179 g/mol. The van der Waals surface area contributed by atoms with Crippen LogP contribution >= 0.6 is 0 Å². The van der Waals surface area contributed by atoms with Crippen molar-refractivity contribution < 1.29 is 4.42 Å². The molecule has 1 fully saturated rings. The molecule has 72 valence electrons. The zero-order valence-corrected chi connectivity index (χ0v) is 8.55. The summed E-state index contributed by atoms with van der Waals surface area (Å²) in [5.41, 5.74) is 7.72. The maximum atomic E-state index is 6.19. The van der Waals surface area contributed by atoms with Crippen molar-refractivity contribution in [1.29, 1.82) is 0 Å². The molecule has 1 saturated carbocycles. The van der Waals surface area contributed by atoms with Crippen molar-refractivity contribution in [2.75, 3.05) is 0 Å². The Balaban J connectivity index is 2.29. The van der Waals surface area contributed by atoms with E-state index < -0.39 is 0 Å². The minimum Gasteiger partial charge on any atom is -0.466 e. The summed E-state index contributed by atoms with van der Waals surface area (Å²) in [6.45, 7) is 6.21. The lowest BCUT2D eigenvalue weighted by Crippen LogP contribution is -2.20. The van der Waals surface area contributed by atoms with Gasteiger partial charge in [0.15, 0.2) is 0 Å². The lowest BCUT2D eigenvalue weighted by Gasteiger charge is -2.17. The second-order valence-electron chi connectivity index (χ2n) is 4.50. The molecule has 2 rings (SSSR count). The van der Waals surface area contributed by atoms with Crippen molar-refractivity contribution in [3.8, 4) is 0 Å². The molecule has 0 saturated heterocycles. The van der Waals surface area contributed by atoms with Crippen molar-refractivity contribution in [2.24, 2.45) is 11.1 Å². The highest BCUT2D eigenvalue weighted by Crippen LogP contribution is 2.53. The van der Waals surface area contributed by atoms with Crippen LogP contribution in [0, 0.1) is 19.3 Å². The molecule has 0 radical (unpaired) electrons. The molecule has 2 heteroatoms. The molecule has 2 nitrogen and oxygen atoms in total. The van der Waals surface area contributed by atoms with E-state index in [2.05, 4.69) is 13.0 Å². The second-order valence-corrected chi connectivity index (χ2v) is 4.50. The van der Waals surface area contributed by atoms with Crippen LogP contribution in [0.1, 0.15) is 42.9 Å². The van der Waals surface area contributed by atoms with Crippen molar-refractivity contribution >= 4 is 0 Å². The fourth-order valence-corrected chi connectivity index (χ4v) is 1.84. The van der Waals surface area contributed by atoms with Gasteiger partial charge in [-0.2, -0.15) is 0 Å². The van der Waals surface area contributed by atoms with Crippen LogP contribution in [0.15, 0.2) is 10.5 Å². The second kappa shape index (κ2) is 2.61. The molecular weight excluding hydrogens is 162 g/mol. The average Bonchev–Trinajstić information content (AvgIpc) is 2.71. The van der Waals surface area contributed by atoms with Crippen molar-refractivity contribution in [1.82, 2.24) is 0 Å². The molecule has 1 atom stereocenters. The maximum Gasteiger partial charge on any atom is 0.105 e. The molecule has 1 aliphatic carbocycles. The Hall–Kier alpha value is -0.760. The van der Waals surface area contributed by atoms with E-state index in [9.17, 15) is 0 Å². The predicted molar refractivity (Wildman–Crippen MR) is 52.5 cm³/mol. The van der Waals surface area contributed by atoms with E-state index in [1.54, 1.807) is 0 Å². The molecule has 1 heterocycles. The summed E-state index contributed by atoms with van der Waals surface area (Å²) >= 11 is 0. The van der Waals surface area contributed by atoms with E-state index in [1.165, 1.54) is 18.4 Å². The number of hydrogen-bond acceptors (Lipinski definition) is 2. The Morgan fingerprint density at radius 2 is 2.08 bits per heavy atom. The van der Waals surface area contributed by atoms with Crippen LogP contribution in [0.5, 0.6) is 0 Å². The van der Waals surface area contributed by atoms with E-state index >= 15 is 0 Å². The first-order chi connectivity index (χ1) is 6.03. The first-order valence-corrected chi connectivity index (χ1v) is 4.85. The molecule has 1 aromatic rings. The molecule has 0 bridgehead atoms. The van der Waals surface area contributed by atoms with Gasteiger partial charge in [0.05, 0.1) is 0 Å². The third kappa shape index (κ3) is 1.39. The highest BCUT2D eigenvalue weighted by molar-refractivity contribution is 5.27. The first kappa shape index (κ1) is 8.82. The Morgan fingerprint density at radius 1 is 1.46 bits per heavy atom. The van der Waals surface area contributed by atoms with Gasteiger partial charge < -0.3 is 10.2 Å². The maximum absolute atomic E-state index is 6.19. The standard InChI is InChI=1S/C11H17NO/c1-7-6-9(8(2)13-7)10(12)11(3)4-5-11/h6,10H,4-5,12H2,1-3H3. The number of aryl methyl sites for hydroxylation is 2. The number of hydrogen-bond donors (Lipinski definition) is 1. The molecule has 2 N–H and O–H groups in total. The zero-order valence-electron chi connectivity index (χ0n) is 8.55. The minimum absolute atomic E-state index is 0.157. The van der Waals surface area contributed by atoms with Gasteiger partial charge in [-0.15, -0.1) is 0 Å². The number of rotatable bonds is 2. The van der Waals surface area contributed by atoms with E-state index in [4.69, 9.17) is 10.2 Å². The fourth-order valence-electron chi connectivity index (χ4n) is 1.84. The summed E-state index contributed by atoms with van der Waals surface area (Å²) in [5.74, 6) is 1.95. The molecule has 1 aliphatic rings. The molecule has 0 aliphatic heterocycles. The Kier molecular flexibility index (Phi) is 1.77. The van der Waals surface area contributed by atoms with Gasteiger partial charge in [0.1, 0.15) is 11.5 Å². The fraction of sp³-hybridized carbons (Fsp3) is 0.636. The van der Waals surface area contributed by atoms with Gasteiger partial charge in [0.2, 0.25) is 0 Å². The topological polar surface area (TPSA) is 39.2 Å². The Morgan fingerprint density at radius 3 is 2.46 bits per heavy atom. The van der Waals surface area contributed by atoms with Gasteiger partial charge >= 0.3 is 0 Å². The van der Waals surface area contributed by atoms with Gasteiger partial charge in [0, 0.05) is 11.6 Å². The predicted octanol–water partition coefficient (Wildman–Crippen LogP) is 2.70. The highest BCUT2D eigenvalue weighted by atomic mass is 16.3. The van der Waals surface area contributed by atoms with Crippen molar-refractivity contribution in [3.05, 3.63) is 23.2 Å². The third-order valence-electron chi connectivity index (χ3n) is 3.20. The summed E-state index contributed by atoms with van der Waals surface area (Å²) in [6, 6.07) is 2.23. The molecule has 1 unspecified atom stereocenters. The van der Waals surface area contributed by atoms with Crippen LogP contribution in [-0.4, -0.2) is 0 Å². The van der Waals surface area contributed by atoms with E-state index in [-0.39, 0.29) is 6.04 Å². The van der Waals surface area contributed by atoms with Crippen LogP contribution in [0.4, 0.5) is 0 Å². The smallest absolute Gasteiger partial charge is 0.105 e. The normalized spacial score (nSPS) is 21.5. The largest absolute Gasteiger partial charge is 0.466 e. The molecular formula is C11H17NO. The molecule has 0 spiro atoms. The van der Waals surface area contributed by atoms with Crippen LogP contribution in [-0.2, 0) is 0 Å².